The van der Waals surface area contributed by atoms with Gasteiger partial charge in [0.15, 0.2) is 11.6 Å². The SMILES string of the molecule is CC(C)(C)NC(=O)C1CCC(C(=O)Nc2ccc(F)c(F)c2)CC1. The molecule has 0 aromatic heterocycles. The van der Waals surface area contributed by atoms with Gasteiger partial charge in [-0.25, -0.2) is 8.78 Å². The van der Waals surface area contributed by atoms with Crippen LogP contribution in [0.1, 0.15) is 46.5 Å². The van der Waals surface area contributed by atoms with Gasteiger partial charge in [0.2, 0.25) is 11.8 Å². The number of anilines is 1. The van der Waals surface area contributed by atoms with E-state index in [1.807, 2.05) is 20.8 Å². The third-order valence-electron chi connectivity index (χ3n) is 4.15. The van der Waals surface area contributed by atoms with Crippen molar-refractivity contribution in [2.24, 2.45) is 11.8 Å². The van der Waals surface area contributed by atoms with Crippen LogP contribution in [0.3, 0.4) is 0 Å². The maximum absolute atomic E-state index is 13.2. The van der Waals surface area contributed by atoms with Gasteiger partial charge in [-0.15, -0.1) is 0 Å². The molecule has 1 saturated carbocycles. The van der Waals surface area contributed by atoms with Crippen LogP contribution in [0.4, 0.5) is 14.5 Å². The average molecular weight is 338 g/mol. The molecule has 0 heterocycles. The van der Waals surface area contributed by atoms with E-state index in [-0.39, 0.29) is 34.9 Å². The normalized spacial score (nSPS) is 21.2. The van der Waals surface area contributed by atoms with Crippen LogP contribution in [0.2, 0.25) is 0 Å². The van der Waals surface area contributed by atoms with E-state index in [4.69, 9.17) is 0 Å². The highest BCUT2D eigenvalue weighted by Crippen LogP contribution is 2.30. The largest absolute Gasteiger partial charge is 0.351 e. The second-order valence-corrected chi connectivity index (χ2v) is 7.41. The fraction of sp³-hybridized carbons (Fsp3) is 0.556. The molecule has 24 heavy (non-hydrogen) atoms. The first-order valence-electron chi connectivity index (χ1n) is 8.23. The molecule has 132 valence electrons. The lowest BCUT2D eigenvalue weighted by Gasteiger charge is -2.30. The van der Waals surface area contributed by atoms with Gasteiger partial charge in [0, 0.05) is 29.1 Å². The predicted octanol–water partition coefficient (Wildman–Crippen LogP) is 3.62. The third-order valence-corrected chi connectivity index (χ3v) is 4.15. The Morgan fingerprint density at radius 3 is 2.00 bits per heavy atom. The first kappa shape index (κ1) is 18.4. The highest BCUT2D eigenvalue weighted by Gasteiger charge is 2.31. The van der Waals surface area contributed by atoms with Crippen molar-refractivity contribution in [1.82, 2.24) is 5.32 Å². The molecule has 2 N–H and O–H groups in total. The first-order chi connectivity index (χ1) is 11.2. The van der Waals surface area contributed by atoms with Gasteiger partial charge in [0.05, 0.1) is 0 Å². The molecular weight excluding hydrogens is 314 g/mol. The van der Waals surface area contributed by atoms with Crippen LogP contribution in [-0.2, 0) is 9.59 Å². The molecule has 0 spiro atoms. The van der Waals surface area contributed by atoms with Crippen LogP contribution >= 0.6 is 0 Å². The van der Waals surface area contributed by atoms with Crippen molar-refractivity contribution >= 4 is 17.5 Å². The summed E-state index contributed by atoms with van der Waals surface area (Å²) in [5.74, 6) is -2.40. The summed E-state index contributed by atoms with van der Waals surface area (Å²) in [5.41, 5.74) is -0.0238. The second kappa shape index (κ2) is 7.28. The van der Waals surface area contributed by atoms with Gasteiger partial charge in [-0.1, -0.05) is 0 Å². The minimum Gasteiger partial charge on any atom is -0.351 e. The Morgan fingerprint density at radius 2 is 1.50 bits per heavy atom. The third kappa shape index (κ3) is 5.01. The van der Waals surface area contributed by atoms with E-state index in [9.17, 15) is 18.4 Å². The van der Waals surface area contributed by atoms with Gasteiger partial charge in [-0.3, -0.25) is 9.59 Å². The van der Waals surface area contributed by atoms with Gasteiger partial charge in [0.1, 0.15) is 0 Å². The van der Waals surface area contributed by atoms with Gasteiger partial charge >= 0.3 is 0 Å². The number of nitrogens with one attached hydrogen (secondary N) is 2. The van der Waals surface area contributed by atoms with Gasteiger partial charge in [0.25, 0.3) is 0 Å². The molecule has 2 amide bonds. The van der Waals surface area contributed by atoms with E-state index in [2.05, 4.69) is 10.6 Å². The molecule has 1 aromatic carbocycles. The summed E-state index contributed by atoms with van der Waals surface area (Å²) in [6, 6.07) is 3.28. The molecule has 0 atom stereocenters. The van der Waals surface area contributed by atoms with Crippen molar-refractivity contribution in [3.8, 4) is 0 Å². The quantitative estimate of drug-likeness (QED) is 0.884. The van der Waals surface area contributed by atoms with E-state index in [0.29, 0.717) is 25.7 Å². The summed E-state index contributed by atoms with van der Waals surface area (Å²) in [4.78, 5) is 24.4. The maximum atomic E-state index is 13.2. The van der Waals surface area contributed by atoms with Crippen molar-refractivity contribution < 1.29 is 18.4 Å². The Kier molecular flexibility index (Phi) is 5.57. The van der Waals surface area contributed by atoms with Crippen molar-refractivity contribution in [2.45, 2.75) is 52.0 Å². The second-order valence-electron chi connectivity index (χ2n) is 7.41. The summed E-state index contributed by atoms with van der Waals surface area (Å²) in [7, 11) is 0. The van der Waals surface area contributed by atoms with Crippen molar-refractivity contribution in [2.75, 3.05) is 5.32 Å². The van der Waals surface area contributed by atoms with Crippen LogP contribution in [0.15, 0.2) is 18.2 Å². The molecule has 0 radical (unpaired) electrons. The van der Waals surface area contributed by atoms with Crippen LogP contribution in [0.25, 0.3) is 0 Å². The maximum Gasteiger partial charge on any atom is 0.227 e. The zero-order valence-electron chi connectivity index (χ0n) is 14.3. The van der Waals surface area contributed by atoms with Crippen LogP contribution in [0, 0.1) is 23.5 Å². The Balaban J connectivity index is 1.86. The molecule has 0 saturated heterocycles. The fourth-order valence-electron chi connectivity index (χ4n) is 2.91. The van der Waals surface area contributed by atoms with E-state index in [1.165, 1.54) is 6.07 Å². The number of hydrogen-bond acceptors (Lipinski definition) is 2. The molecule has 1 aromatic rings. The lowest BCUT2D eigenvalue weighted by Crippen LogP contribution is -2.45. The number of halogens is 2. The van der Waals surface area contributed by atoms with Crippen molar-refractivity contribution in [3.63, 3.8) is 0 Å². The number of carbonyl (C=O) groups excluding carboxylic acids is 2. The first-order valence-corrected chi connectivity index (χ1v) is 8.23. The Labute approximate surface area is 141 Å². The smallest absolute Gasteiger partial charge is 0.227 e. The number of benzene rings is 1. The van der Waals surface area contributed by atoms with Crippen LogP contribution < -0.4 is 10.6 Å². The standard InChI is InChI=1S/C18H24F2N2O2/c1-18(2,3)22-17(24)12-6-4-11(5-7-12)16(23)21-13-8-9-14(19)15(20)10-13/h8-12H,4-7H2,1-3H3,(H,21,23)(H,22,24). The molecule has 1 aliphatic carbocycles. The van der Waals surface area contributed by atoms with Crippen LogP contribution in [0.5, 0.6) is 0 Å². The summed E-state index contributed by atoms with van der Waals surface area (Å²) in [6.45, 7) is 5.81. The zero-order valence-corrected chi connectivity index (χ0v) is 14.3. The minimum atomic E-state index is -0.990. The van der Waals surface area contributed by atoms with E-state index < -0.39 is 11.6 Å². The summed E-state index contributed by atoms with van der Waals surface area (Å²) >= 11 is 0. The predicted molar refractivity (Wildman–Crippen MR) is 88.3 cm³/mol. The van der Waals surface area contributed by atoms with Crippen molar-refractivity contribution in [3.05, 3.63) is 29.8 Å². The molecular formula is C18H24F2N2O2. The minimum absolute atomic E-state index is 0.0296. The van der Waals surface area contributed by atoms with Gasteiger partial charge in [-0.2, -0.15) is 0 Å². The number of rotatable bonds is 3. The molecule has 2 rings (SSSR count). The van der Waals surface area contributed by atoms with Crippen molar-refractivity contribution in [1.29, 1.82) is 0 Å². The van der Waals surface area contributed by atoms with E-state index in [1.54, 1.807) is 0 Å². The summed E-state index contributed by atoms with van der Waals surface area (Å²) in [6.07, 6.45) is 2.52. The number of carbonyl (C=O) groups is 2. The Bertz CT molecular complexity index is 618. The highest BCUT2D eigenvalue weighted by molar-refractivity contribution is 5.92. The molecule has 0 aliphatic heterocycles. The topological polar surface area (TPSA) is 58.2 Å². The van der Waals surface area contributed by atoms with Gasteiger partial charge < -0.3 is 10.6 Å². The highest BCUT2D eigenvalue weighted by atomic mass is 19.2. The lowest BCUT2D eigenvalue weighted by atomic mass is 9.81. The Hall–Kier alpha value is -1.98. The lowest BCUT2D eigenvalue weighted by molar-refractivity contribution is -0.129. The molecule has 1 fully saturated rings. The molecule has 1 aliphatic rings. The molecule has 4 nitrogen and oxygen atoms in total. The van der Waals surface area contributed by atoms with Gasteiger partial charge in [-0.05, 0) is 58.6 Å². The summed E-state index contributed by atoms with van der Waals surface area (Å²) in [5, 5.41) is 5.58. The fourth-order valence-corrected chi connectivity index (χ4v) is 2.91. The van der Waals surface area contributed by atoms with Crippen LogP contribution in [-0.4, -0.2) is 17.4 Å². The van der Waals surface area contributed by atoms with E-state index in [0.717, 1.165) is 12.1 Å². The number of amides is 2. The average Bonchev–Trinajstić information content (AvgIpc) is 2.49. The summed E-state index contributed by atoms with van der Waals surface area (Å²) < 4.78 is 26.1. The van der Waals surface area contributed by atoms with E-state index >= 15 is 0 Å². The molecule has 0 bridgehead atoms. The number of hydrogen-bond donors (Lipinski definition) is 2. The molecule has 6 heteroatoms. The monoisotopic (exact) mass is 338 g/mol. The Morgan fingerprint density at radius 1 is 0.958 bits per heavy atom. The molecule has 0 unspecified atom stereocenters. The zero-order chi connectivity index (χ0) is 17.9.